The van der Waals surface area contributed by atoms with Crippen LogP contribution in [0.4, 0.5) is 0 Å². The number of hydrogen-bond donors (Lipinski definition) is 2. The predicted molar refractivity (Wildman–Crippen MR) is 95.8 cm³/mol. The van der Waals surface area contributed by atoms with Crippen molar-refractivity contribution in [1.82, 2.24) is 0 Å². The van der Waals surface area contributed by atoms with Crippen LogP contribution in [-0.4, -0.2) is 11.7 Å². The molecule has 0 aliphatic carbocycles. The summed E-state index contributed by atoms with van der Waals surface area (Å²) in [5.41, 5.74) is 2.96. The summed E-state index contributed by atoms with van der Waals surface area (Å²) in [6.07, 6.45) is -0.476. The van der Waals surface area contributed by atoms with Gasteiger partial charge in [0, 0.05) is 10.6 Å². The summed E-state index contributed by atoms with van der Waals surface area (Å²) in [4.78, 5) is 0. The number of furan rings is 1. The summed E-state index contributed by atoms with van der Waals surface area (Å²) < 4.78 is 5.92. The molecule has 0 fully saturated rings. The van der Waals surface area contributed by atoms with Crippen LogP contribution in [0.3, 0.4) is 0 Å². The molecule has 24 heavy (non-hydrogen) atoms. The van der Waals surface area contributed by atoms with Crippen LogP contribution in [0.15, 0.2) is 65.1 Å². The highest BCUT2D eigenvalue weighted by Gasteiger charge is 2.12. The van der Waals surface area contributed by atoms with Gasteiger partial charge in [-0.2, -0.15) is 0 Å². The van der Waals surface area contributed by atoms with E-state index in [0.717, 1.165) is 33.2 Å². The van der Waals surface area contributed by atoms with Gasteiger partial charge in [0.05, 0.1) is 0 Å². The Morgan fingerprint density at radius 3 is 2.62 bits per heavy atom. The smallest absolute Gasteiger partial charge is 0.158 e. The Bertz CT molecular complexity index is 798. The Labute approximate surface area is 146 Å². The number of rotatable bonds is 6. The molecule has 0 spiro atoms. The van der Waals surface area contributed by atoms with Crippen LogP contribution in [0.1, 0.15) is 23.0 Å². The Kier molecular flexibility index (Phi) is 5.36. The number of aliphatic hydroxyl groups excluding tert-OH is 1. The molecular formula is C20H21ClNO2+. The standard InChI is InChI=1S/C20H20ClNO2/c1-14-17(8-5-9-18(14)21)20-11-10-16(24-20)12-22-13-19(23)15-6-3-2-4-7-15/h2-11,19,22-23H,12-13H2,1H3/p+1/t19-/m0/s1. The second kappa shape index (κ2) is 7.67. The normalized spacial score (nSPS) is 12.3. The Morgan fingerprint density at radius 1 is 1.04 bits per heavy atom. The predicted octanol–water partition coefficient (Wildman–Crippen LogP) is 3.71. The first kappa shape index (κ1) is 16.8. The zero-order valence-electron chi connectivity index (χ0n) is 13.6. The zero-order chi connectivity index (χ0) is 16.9. The lowest BCUT2D eigenvalue weighted by molar-refractivity contribution is -0.679. The highest BCUT2D eigenvalue weighted by molar-refractivity contribution is 6.31. The van der Waals surface area contributed by atoms with Gasteiger partial charge in [0.1, 0.15) is 25.0 Å². The van der Waals surface area contributed by atoms with Gasteiger partial charge in [-0.05, 0) is 36.2 Å². The number of quaternary nitrogens is 1. The van der Waals surface area contributed by atoms with E-state index in [4.69, 9.17) is 16.0 Å². The lowest BCUT2D eigenvalue weighted by Gasteiger charge is -2.09. The van der Waals surface area contributed by atoms with Gasteiger partial charge in [-0.15, -0.1) is 0 Å². The zero-order valence-corrected chi connectivity index (χ0v) is 14.3. The number of hydrogen-bond acceptors (Lipinski definition) is 2. The van der Waals surface area contributed by atoms with Gasteiger partial charge in [0.15, 0.2) is 5.76 Å². The molecule has 0 radical (unpaired) electrons. The maximum absolute atomic E-state index is 10.2. The first-order chi connectivity index (χ1) is 11.6. The van der Waals surface area contributed by atoms with Crippen molar-refractivity contribution in [2.45, 2.75) is 19.6 Å². The average molecular weight is 343 g/mol. The molecule has 3 rings (SSSR count). The SMILES string of the molecule is Cc1c(Cl)cccc1-c1ccc(C[NH2+]C[C@H](O)c2ccccc2)o1. The van der Waals surface area contributed by atoms with Crippen LogP contribution in [0.2, 0.25) is 5.02 Å². The maximum Gasteiger partial charge on any atom is 0.158 e. The van der Waals surface area contributed by atoms with Gasteiger partial charge in [-0.1, -0.05) is 54.1 Å². The van der Waals surface area contributed by atoms with Gasteiger partial charge in [0.25, 0.3) is 0 Å². The first-order valence-electron chi connectivity index (χ1n) is 8.04. The van der Waals surface area contributed by atoms with Gasteiger partial charge in [0.2, 0.25) is 0 Å². The molecule has 124 valence electrons. The molecule has 1 atom stereocenters. The highest BCUT2D eigenvalue weighted by Crippen LogP contribution is 2.29. The first-order valence-corrected chi connectivity index (χ1v) is 8.42. The molecule has 0 amide bonds. The van der Waals surface area contributed by atoms with Crippen LogP contribution in [0, 0.1) is 6.92 Å². The quantitative estimate of drug-likeness (QED) is 0.717. The van der Waals surface area contributed by atoms with Gasteiger partial charge in [-0.25, -0.2) is 0 Å². The minimum atomic E-state index is -0.476. The molecular weight excluding hydrogens is 322 g/mol. The van der Waals surface area contributed by atoms with Crippen LogP contribution in [0.5, 0.6) is 0 Å². The Hall–Kier alpha value is -2.07. The van der Waals surface area contributed by atoms with Crippen molar-refractivity contribution >= 4 is 11.6 Å². The summed E-state index contributed by atoms with van der Waals surface area (Å²) >= 11 is 6.17. The third-order valence-corrected chi connectivity index (χ3v) is 4.52. The minimum Gasteiger partial charge on any atom is -0.455 e. The van der Waals surface area contributed by atoms with Crippen molar-refractivity contribution in [1.29, 1.82) is 0 Å². The molecule has 0 bridgehead atoms. The molecule has 0 saturated carbocycles. The van der Waals surface area contributed by atoms with Crippen molar-refractivity contribution in [2.75, 3.05) is 6.54 Å². The van der Waals surface area contributed by atoms with E-state index in [1.54, 1.807) is 0 Å². The van der Waals surface area contributed by atoms with Crippen LogP contribution >= 0.6 is 11.6 Å². The molecule has 1 aromatic heterocycles. The fourth-order valence-corrected chi connectivity index (χ4v) is 2.88. The lowest BCUT2D eigenvalue weighted by Crippen LogP contribution is -2.83. The summed E-state index contributed by atoms with van der Waals surface area (Å²) in [7, 11) is 0. The van der Waals surface area contributed by atoms with Gasteiger partial charge >= 0.3 is 0 Å². The van der Waals surface area contributed by atoms with E-state index in [9.17, 15) is 5.11 Å². The Morgan fingerprint density at radius 2 is 1.83 bits per heavy atom. The molecule has 3 aromatic rings. The van der Waals surface area contributed by atoms with E-state index in [-0.39, 0.29) is 0 Å². The fourth-order valence-electron chi connectivity index (χ4n) is 2.70. The van der Waals surface area contributed by atoms with Crippen LogP contribution in [-0.2, 0) is 6.54 Å². The number of halogens is 1. The summed E-state index contributed by atoms with van der Waals surface area (Å²) in [6, 6.07) is 19.4. The molecule has 0 unspecified atom stereocenters. The minimum absolute atomic E-state index is 0.476. The van der Waals surface area contributed by atoms with Crippen molar-refractivity contribution in [2.24, 2.45) is 0 Å². The van der Waals surface area contributed by atoms with Crippen molar-refractivity contribution in [3.05, 3.63) is 82.6 Å². The monoisotopic (exact) mass is 342 g/mol. The Balaban J connectivity index is 1.60. The van der Waals surface area contributed by atoms with E-state index in [0.29, 0.717) is 13.1 Å². The van der Waals surface area contributed by atoms with Crippen LogP contribution in [0.25, 0.3) is 11.3 Å². The van der Waals surface area contributed by atoms with Crippen molar-refractivity contribution < 1.29 is 14.8 Å². The van der Waals surface area contributed by atoms with E-state index in [1.165, 1.54) is 0 Å². The summed E-state index contributed by atoms with van der Waals surface area (Å²) in [5.74, 6) is 1.70. The summed E-state index contributed by atoms with van der Waals surface area (Å²) in [5, 5.41) is 13.0. The van der Waals surface area contributed by atoms with E-state index in [2.05, 4.69) is 0 Å². The number of nitrogens with two attached hydrogens (primary N) is 1. The largest absolute Gasteiger partial charge is 0.455 e. The van der Waals surface area contributed by atoms with E-state index < -0.39 is 6.10 Å². The number of aliphatic hydroxyl groups is 1. The molecule has 3 N–H and O–H groups in total. The molecule has 2 aromatic carbocycles. The molecule has 3 nitrogen and oxygen atoms in total. The average Bonchev–Trinajstić information content (AvgIpc) is 3.06. The molecule has 0 saturated heterocycles. The second-order valence-electron chi connectivity index (χ2n) is 5.83. The molecule has 4 heteroatoms. The fraction of sp³-hybridized carbons (Fsp3) is 0.200. The maximum atomic E-state index is 10.2. The third kappa shape index (κ3) is 3.88. The molecule has 1 heterocycles. The van der Waals surface area contributed by atoms with Crippen molar-refractivity contribution in [3.63, 3.8) is 0 Å². The summed E-state index contributed by atoms with van der Waals surface area (Å²) in [6.45, 7) is 3.27. The van der Waals surface area contributed by atoms with E-state index in [1.807, 2.05) is 72.9 Å². The van der Waals surface area contributed by atoms with Crippen LogP contribution < -0.4 is 5.32 Å². The third-order valence-electron chi connectivity index (χ3n) is 4.11. The van der Waals surface area contributed by atoms with E-state index >= 15 is 0 Å². The molecule has 0 aliphatic rings. The van der Waals surface area contributed by atoms with Gasteiger partial charge < -0.3 is 14.8 Å². The van der Waals surface area contributed by atoms with Gasteiger partial charge in [-0.3, -0.25) is 0 Å². The lowest BCUT2D eigenvalue weighted by atomic mass is 10.1. The molecule has 0 aliphatic heterocycles. The van der Waals surface area contributed by atoms with Crippen molar-refractivity contribution in [3.8, 4) is 11.3 Å². The highest BCUT2D eigenvalue weighted by atomic mass is 35.5. The second-order valence-corrected chi connectivity index (χ2v) is 6.24. The topological polar surface area (TPSA) is 50.0 Å². The number of benzene rings is 2.